The van der Waals surface area contributed by atoms with Crippen molar-refractivity contribution in [1.82, 2.24) is 4.90 Å². The highest BCUT2D eigenvalue weighted by atomic mass is 32.2. The van der Waals surface area contributed by atoms with E-state index in [1.54, 1.807) is 18.8 Å². The Morgan fingerprint density at radius 3 is 2.67 bits per heavy atom. The highest BCUT2D eigenvalue weighted by molar-refractivity contribution is 8.00. The molecule has 0 spiro atoms. The summed E-state index contributed by atoms with van der Waals surface area (Å²) in [6.45, 7) is 2.07. The molecular weight excluding hydrogens is 174 g/mol. The van der Waals surface area contributed by atoms with E-state index in [1.807, 2.05) is 0 Å². The van der Waals surface area contributed by atoms with Crippen LogP contribution in [0.25, 0.3) is 0 Å². The Hall–Kier alpha value is -0.510. The van der Waals surface area contributed by atoms with Crippen LogP contribution in [0.3, 0.4) is 0 Å². The molecule has 2 amide bonds. The second kappa shape index (κ2) is 3.94. The van der Waals surface area contributed by atoms with Gasteiger partial charge in [-0.15, -0.1) is 11.8 Å². The van der Waals surface area contributed by atoms with Gasteiger partial charge >= 0.3 is 0 Å². The van der Waals surface area contributed by atoms with Gasteiger partial charge in [0.25, 0.3) is 0 Å². The molecule has 1 rings (SSSR count). The van der Waals surface area contributed by atoms with Gasteiger partial charge in [0, 0.05) is 13.5 Å². The lowest BCUT2D eigenvalue weighted by molar-refractivity contribution is -0.136. The van der Waals surface area contributed by atoms with Crippen molar-refractivity contribution in [3.05, 3.63) is 0 Å². The van der Waals surface area contributed by atoms with E-state index in [0.29, 0.717) is 6.42 Å². The van der Waals surface area contributed by atoms with Gasteiger partial charge in [-0.05, 0) is 12.2 Å². The van der Waals surface area contributed by atoms with Gasteiger partial charge in [-0.3, -0.25) is 14.5 Å². The second-order valence-corrected chi connectivity index (χ2v) is 4.17. The fourth-order valence-electron chi connectivity index (χ4n) is 1.11. The normalized spacial score (nSPS) is 23.8. The molecule has 1 saturated heterocycles. The van der Waals surface area contributed by atoms with Crippen molar-refractivity contribution < 1.29 is 9.59 Å². The largest absolute Gasteiger partial charge is 0.285 e. The van der Waals surface area contributed by atoms with Crippen LogP contribution in [0.15, 0.2) is 0 Å². The van der Waals surface area contributed by atoms with Crippen LogP contribution >= 0.6 is 11.8 Å². The summed E-state index contributed by atoms with van der Waals surface area (Å²) in [6, 6.07) is 0. The highest BCUT2D eigenvalue weighted by Gasteiger charge is 2.35. The summed E-state index contributed by atoms with van der Waals surface area (Å²) >= 11 is 1.59. The number of carbonyl (C=O) groups excluding carboxylic acids is 2. The molecule has 3 nitrogen and oxygen atoms in total. The molecule has 1 unspecified atom stereocenters. The molecule has 12 heavy (non-hydrogen) atoms. The van der Waals surface area contributed by atoms with E-state index >= 15 is 0 Å². The van der Waals surface area contributed by atoms with Gasteiger partial charge in [0.15, 0.2) is 0 Å². The molecule has 0 bridgehead atoms. The lowest BCUT2D eigenvalue weighted by Gasteiger charge is -2.06. The quantitative estimate of drug-likeness (QED) is 0.616. The monoisotopic (exact) mass is 187 g/mol. The van der Waals surface area contributed by atoms with Crippen LogP contribution in [0.1, 0.15) is 19.8 Å². The molecule has 1 fully saturated rings. The fourth-order valence-corrected chi connectivity index (χ4v) is 2.19. The van der Waals surface area contributed by atoms with Crippen molar-refractivity contribution in [2.75, 3.05) is 12.8 Å². The zero-order valence-electron chi connectivity index (χ0n) is 7.37. The van der Waals surface area contributed by atoms with E-state index in [-0.39, 0.29) is 17.1 Å². The Labute approximate surface area is 76.5 Å². The van der Waals surface area contributed by atoms with E-state index in [4.69, 9.17) is 0 Å². The number of imide groups is 1. The maximum absolute atomic E-state index is 11.3. The summed E-state index contributed by atoms with van der Waals surface area (Å²) in [5, 5.41) is -0.109. The molecule has 4 heteroatoms. The molecular formula is C8H13NO2S. The molecule has 0 aromatic rings. The average molecular weight is 187 g/mol. The van der Waals surface area contributed by atoms with E-state index in [2.05, 4.69) is 6.92 Å². The van der Waals surface area contributed by atoms with Crippen LogP contribution < -0.4 is 0 Å². The number of likely N-dealkylation sites (tertiary alicyclic amines) is 1. The molecule has 1 aliphatic heterocycles. The number of hydrogen-bond donors (Lipinski definition) is 0. The van der Waals surface area contributed by atoms with Crippen molar-refractivity contribution in [2.45, 2.75) is 25.0 Å². The van der Waals surface area contributed by atoms with Crippen molar-refractivity contribution >= 4 is 23.6 Å². The van der Waals surface area contributed by atoms with E-state index < -0.39 is 0 Å². The summed E-state index contributed by atoms with van der Waals surface area (Å²) in [4.78, 5) is 23.6. The van der Waals surface area contributed by atoms with Crippen LogP contribution in [-0.4, -0.2) is 34.8 Å². The van der Waals surface area contributed by atoms with E-state index in [9.17, 15) is 9.59 Å². The van der Waals surface area contributed by atoms with Gasteiger partial charge in [0.05, 0.1) is 5.25 Å². The first kappa shape index (κ1) is 9.58. The van der Waals surface area contributed by atoms with Gasteiger partial charge in [0.2, 0.25) is 11.8 Å². The molecule has 1 atom stereocenters. The van der Waals surface area contributed by atoms with Gasteiger partial charge in [0.1, 0.15) is 0 Å². The third-order valence-electron chi connectivity index (χ3n) is 1.86. The molecule has 1 aliphatic rings. The summed E-state index contributed by atoms with van der Waals surface area (Å²) in [7, 11) is 1.55. The van der Waals surface area contributed by atoms with Crippen molar-refractivity contribution in [3.8, 4) is 0 Å². The van der Waals surface area contributed by atoms with Gasteiger partial charge < -0.3 is 0 Å². The minimum absolute atomic E-state index is 0.0292. The van der Waals surface area contributed by atoms with Crippen LogP contribution in [-0.2, 0) is 9.59 Å². The van der Waals surface area contributed by atoms with Crippen molar-refractivity contribution in [3.63, 3.8) is 0 Å². The fraction of sp³-hybridized carbons (Fsp3) is 0.750. The first-order valence-corrected chi connectivity index (χ1v) is 5.13. The maximum Gasteiger partial charge on any atom is 0.242 e. The summed E-state index contributed by atoms with van der Waals surface area (Å²) in [6.07, 6.45) is 1.44. The Morgan fingerprint density at radius 2 is 2.25 bits per heavy atom. The van der Waals surface area contributed by atoms with Gasteiger partial charge in [-0.1, -0.05) is 6.92 Å². The Morgan fingerprint density at radius 1 is 1.58 bits per heavy atom. The maximum atomic E-state index is 11.3. The lowest BCUT2D eigenvalue weighted by atomic mass is 10.4. The number of thioether (sulfide) groups is 1. The first-order chi connectivity index (χ1) is 5.66. The second-order valence-electron chi connectivity index (χ2n) is 2.85. The number of amides is 2. The van der Waals surface area contributed by atoms with Crippen LogP contribution in [0, 0.1) is 0 Å². The molecule has 0 N–H and O–H groups in total. The number of hydrogen-bond acceptors (Lipinski definition) is 3. The van der Waals surface area contributed by atoms with Crippen molar-refractivity contribution in [1.29, 1.82) is 0 Å². The van der Waals surface area contributed by atoms with Crippen LogP contribution in [0.4, 0.5) is 0 Å². The van der Waals surface area contributed by atoms with Crippen LogP contribution in [0.5, 0.6) is 0 Å². The number of rotatable bonds is 3. The smallest absolute Gasteiger partial charge is 0.242 e. The summed E-state index contributed by atoms with van der Waals surface area (Å²) in [5.74, 6) is 0.879. The number of carbonyl (C=O) groups is 2. The highest BCUT2D eigenvalue weighted by Crippen LogP contribution is 2.24. The first-order valence-electron chi connectivity index (χ1n) is 4.08. The molecule has 0 radical (unpaired) electrons. The predicted molar refractivity (Wildman–Crippen MR) is 48.9 cm³/mol. The van der Waals surface area contributed by atoms with E-state index in [0.717, 1.165) is 12.2 Å². The Balaban J connectivity index is 2.47. The van der Waals surface area contributed by atoms with Gasteiger partial charge in [-0.2, -0.15) is 0 Å². The molecule has 68 valence electrons. The van der Waals surface area contributed by atoms with E-state index in [1.165, 1.54) is 4.90 Å². The zero-order valence-corrected chi connectivity index (χ0v) is 8.19. The third kappa shape index (κ3) is 1.80. The van der Waals surface area contributed by atoms with Crippen LogP contribution in [0.2, 0.25) is 0 Å². The lowest BCUT2D eigenvalue weighted by Crippen LogP contribution is -2.26. The molecule has 1 heterocycles. The molecule has 0 aromatic carbocycles. The Bertz CT molecular complexity index is 205. The standard InChI is InChI=1S/C8H13NO2S/c1-3-4-12-6-5-7(10)9(2)8(6)11/h6H,3-5H2,1-2H3. The third-order valence-corrected chi connectivity index (χ3v) is 3.28. The molecule has 0 aromatic heterocycles. The van der Waals surface area contributed by atoms with Crippen molar-refractivity contribution in [2.24, 2.45) is 0 Å². The predicted octanol–water partition coefficient (Wildman–Crippen LogP) is 0.887. The average Bonchev–Trinajstić information content (AvgIpc) is 2.30. The SMILES string of the molecule is CCCSC1CC(=O)N(C)C1=O. The molecule has 0 saturated carbocycles. The van der Waals surface area contributed by atoms with Gasteiger partial charge in [-0.25, -0.2) is 0 Å². The topological polar surface area (TPSA) is 37.4 Å². The summed E-state index contributed by atoms with van der Waals surface area (Å²) < 4.78 is 0. The number of nitrogens with zero attached hydrogens (tertiary/aromatic N) is 1. The molecule has 0 aliphatic carbocycles. The summed E-state index contributed by atoms with van der Waals surface area (Å²) in [5.41, 5.74) is 0. The minimum atomic E-state index is -0.109. The zero-order chi connectivity index (χ0) is 9.14. The minimum Gasteiger partial charge on any atom is -0.285 e. The Kier molecular flexibility index (Phi) is 3.14.